The Hall–Kier alpha value is -2.10. The number of methoxy groups -OCH3 is 1. The van der Waals surface area contributed by atoms with Crippen LogP contribution in [-0.4, -0.2) is 44.2 Å². The number of carbonyl (C=O) groups excluding carboxylic acids is 1. The summed E-state index contributed by atoms with van der Waals surface area (Å²) in [4.78, 5) is 16.4. The molecule has 1 amide bonds. The molecule has 0 saturated carbocycles. The van der Waals surface area contributed by atoms with E-state index in [0.717, 1.165) is 18.7 Å². The molecule has 3 rings (SSSR count). The van der Waals surface area contributed by atoms with E-state index in [1.807, 2.05) is 0 Å². The first kappa shape index (κ1) is 18.7. The van der Waals surface area contributed by atoms with Crippen LogP contribution in [0.4, 0.5) is 0 Å². The fourth-order valence-corrected chi connectivity index (χ4v) is 4.08. The Morgan fingerprint density at radius 2 is 2.19 bits per heavy atom. The van der Waals surface area contributed by atoms with Crippen LogP contribution in [0.25, 0.3) is 0 Å². The molecule has 2 heterocycles. The number of halogens is 1. The van der Waals surface area contributed by atoms with Gasteiger partial charge in [-0.15, -0.1) is 0 Å². The molecule has 0 bridgehead atoms. The third kappa shape index (κ3) is 3.84. The number of aryl methyl sites for hydroxylation is 1. The molecule has 10 heteroatoms. The third-order valence-electron chi connectivity index (χ3n) is 3.92. The normalized spacial score (nSPS) is 13.5. The summed E-state index contributed by atoms with van der Waals surface area (Å²) in [5.41, 5.74) is 0.213. The highest BCUT2D eigenvalue weighted by Gasteiger charge is 2.27. The second-order valence-electron chi connectivity index (χ2n) is 5.68. The van der Waals surface area contributed by atoms with Crippen LogP contribution in [-0.2, 0) is 27.7 Å². The molecule has 140 valence electrons. The lowest BCUT2D eigenvalue weighted by Gasteiger charge is -2.13. The molecule has 0 aliphatic carbocycles. The molecular formula is C16H18ClN3O5S. The number of sulfonamides is 1. The van der Waals surface area contributed by atoms with Crippen molar-refractivity contribution >= 4 is 27.5 Å². The minimum absolute atomic E-state index is 0.0882. The number of imidazole rings is 1. The number of nitrogens with one attached hydrogen (secondary N) is 1. The van der Waals surface area contributed by atoms with Crippen LogP contribution < -0.4 is 9.46 Å². The number of ether oxygens (including phenoxy) is 2. The number of hydrogen-bond acceptors (Lipinski definition) is 6. The highest BCUT2D eigenvalue weighted by molar-refractivity contribution is 7.90. The molecule has 1 aliphatic rings. The Bertz CT molecular complexity index is 926. The molecule has 1 aromatic heterocycles. The molecule has 0 fully saturated rings. The minimum Gasteiger partial charge on any atom is -0.490 e. The van der Waals surface area contributed by atoms with Crippen LogP contribution in [0, 0.1) is 0 Å². The van der Waals surface area contributed by atoms with Gasteiger partial charge in [-0.2, -0.15) is 0 Å². The molecule has 1 aromatic carbocycles. The number of nitrogens with zero attached hydrogens (tertiary/aromatic N) is 2. The minimum atomic E-state index is -4.18. The maximum Gasteiger partial charge on any atom is 0.283 e. The van der Waals surface area contributed by atoms with Crippen LogP contribution in [0.5, 0.6) is 5.75 Å². The van der Waals surface area contributed by atoms with Gasteiger partial charge in [-0.3, -0.25) is 4.79 Å². The van der Waals surface area contributed by atoms with Crippen molar-refractivity contribution in [3.05, 3.63) is 40.9 Å². The van der Waals surface area contributed by atoms with Crippen molar-refractivity contribution < 1.29 is 22.7 Å². The average Bonchev–Trinajstić information content (AvgIpc) is 3.19. The number of hydrogen-bond donors (Lipinski definition) is 1. The van der Waals surface area contributed by atoms with Crippen LogP contribution in [0.3, 0.4) is 0 Å². The highest BCUT2D eigenvalue weighted by Crippen LogP contribution is 2.27. The van der Waals surface area contributed by atoms with Gasteiger partial charge in [-0.25, -0.2) is 18.1 Å². The fourth-order valence-electron chi connectivity index (χ4n) is 2.71. The van der Waals surface area contributed by atoms with Crippen LogP contribution in [0.1, 0.15) is 22.7 Å². The Balaban J connectivity index is 1.85. The number of carbonyl (C=O) groups is 1. The number of fused-ring (bicyclic) bond motifs is 1. The van der Waals surface area contributed by atoms with Crippen LogP contribution >= 0.6 is 11.6 Å². The number of rotatable bonds is 7. The first-order chi connectivity index (χ1) is 12.4. The molecule has 0 unspecified atom stereocenters. The molecule has 1 aliphatic heterocycles. The third-order valence-corrected chi connectivity index (χ3v) is 5.51. The smallest absolute Gasteiger partial charge is 0.283 e. The molecule has 1 N–H and O–H groups in total. The van der Waals surface area contributed by atoms with Crippen molar-refractivity contribution in [2.75, 3.05) is 20.3 Å². The zero-order valence-corrected chi connectivity index (χ0v) is 15.6. The lowest BCUT2D eigenvalue weighted by atomic mass is 10.3. The summed E-state index contributed by atoms with van der Waals surface area (Å²) >= 11 is 5.93. The van der Waals surface area contributed by atoms with Crippen molar-refractivity contribution in [1.29, 1.82) is 0 Å². The van der Waals surface area contributed by atoms with Crippen molar-refractivity contribution in [3.63, 3.8) is 0 Å². The lowest BCUT2D eigenvalue weighted by molar-refractivity contribution is 0.0972. The summed E-state index contributed by atoms with van der Waals surface area (Å²) in [5, 5.41) is 0.210. The van der Waals surface area contributed by atoms with E-state index in [-0.39, 0.29) is 34.6 Å². The molecular weight excluding hydrogens is 382 g/mol. The van der Waals surface area contributed by atoms with Gasteiger partial charge in [-0.1, -0.05) is 11.6 Å². The molecule has 26 heavy (non-hydrogen) atoms. The summed E-state index contributed by atoms with van der Waals surface area (Å²) in [6, 6.07) is 4.18. The first-order valence-electron chi connectivity index (χ1n) is 7.95. The van der Waals surface area contributed by atoms with Crippen molar-refractivity contribution in [1.82, 2.24) is 14.3 Å². The van der Waals surface area contributed by atoms with Crippen molar-refractivity contribution in [2.45, 2.75) is 24.3 Å². The van der Waals surface area contributed by atoms with Gasteiger partial charge in [0.2, 0.25) is 0 Å². The second kappa shape index (κ2) is 7.65. The molecule has 0 saturated heterocycles. The van der Waals surface area contributed by atoms with E-state index >= 15 is 0 Å². The van der Waals surface area contributed by atoms with E-state index in [0.29, 0.717) is 6.54 Å². The van der Waals surface area contributed by atoms with Gasteiger partial charge in [0.15, 0.2) is 0 Å². The predicted octanol–water partition coefficient (Wildman–Crippen LogP) is 1.63. The van der Waals surface area contributed by atoms with Gasteiger partial charge in [0.1, 0.15) is 28.8 Å². The van der Waals surface area contributed by atoms with Gasteiger partial charge < -0.3 is 14.0 Å². The lowest BCUT2D eigenvalue weighted by Crippen LogP contribution is -2.32. The predicted molar refractivity (Wildman–Crippen MR) is 94.0 cm³/mol. The maximum absolute atomic E-state index is 12.7. The summed E-state index contributed by atoms with van der Waals surface area (Å²) in [6.45, 7) is 1.09. The van der Waals surface area contributed by atoms with Gasteiger partial charge in [-0.05, 0) is 24.6 Å². The van der Waals surface area contributed by atoms with Crippen molar-refractivity contribution in [2.24, 2.45) is 0 Å². The maximum atomic E-state index is 12.7. The van der Waals surface area contributed by atoms with E-state index in [2.05, 4.69) is 9.71 Å². The van der Waals surface area contributed by atoms with Gasteiger partial charge in [0.25, 0.3) is 15.9 Å². The summed E-state index contributed by atoms with van der Waals surface area (Å²) in [7, 11) is -2.68. The van der Waals surface area contributed by atoms with Gasteiger partial charge in [0.05, 0.1) is 12.8 Å². The molecule has 0 spiro atoms. The topological polar surface area (TPSA) is 99.5 Å². The van der Waals surface area contributed by atoms with E-state index in [1.165, 1.54) is 31.5 Å². The second-order valence-corrected chi connectivity index (χ2v) is 7.77. The number of aromatic nitrogens is 2. The largest absolute Gasteiger partial charge is 0.490 e. The van der Waals surface area contributed by atoms with Gasteiger partial charge in [0, 0.05) is 25.1 Å². The summed E-state index contributed by atoms with van der Waals surface area (Å²) in [5.74, 6) is 0.123. The summed E-state index contributed by atoms with van der Waals surface area (Å²) < 4.78 is 39.5. The van der Waals surface area contributed by atoms with Gasteiger partial charge >= 0.3 is 0 Å². The monoisotopic (exact) mass is 399 g/mol. The first-order valence-corrected chi connectivity index (χ1v) is 9.81. The fraction of sp³-hybridized carbons (Fsp3) is 0.375. The Morgan fingerprint density at radius 3 is 2.96 bits per heavy atom. The molecule has 0 radical (unpaired) electrons. The quantitative estimate of drug-likeness (QED) is 0.710. The Morgan fingerprint density at radius 1 is 1.38 bits per heavy atom. The molecule has 8 nitrogen and oxygen atoms in total. The highest BCUT2D eigenvalue weighted by atomic mass is 35.5. The number of amides is 1. The molecule has 0 atom stereocenters. The summed E-state index contributed by atoms with van der Waals surface area (Å²) in [6.07, 6.45) is 3.03. The zero-order valence-electron chi connectivity index (χ0n) is 14.1. The van der Waals surface area contributed by atoms with Crippen molar-refractivity contribution in [3.8, 4) is 5.75 Å². The van der Waals surface area contributed by atoms with E-state index in [4.69, 9.17) is 21.1 Å². The van der Waals surface area contributed by atoms with Crippen LogP contribution in [0.15, 0.2) is 29.3 Å². The van der Waals surface area contributed by atoms with E-state index in [9.17, 15) is 13.2 Å². The zero-order chi connectivity index (χ0) is 18.7. The Labute approximate surface area is 156 Å². The SMILES string of the molecule is COCCOc1ccc(Cl)cc1S(=O)(=O)NC(=O)c1cnc2n1CCC2. The van der Waals surface area contributed by atoms with Crippen LogP contribution in [0.2, 0.25) is 5.02 Å². The Kier molecular flexibility index (Phi) is 5.49. The van der Waals surface area contributed by atoms with E-state index in [1.54, 1.807) is 4.57 Å². The standard InChI is InChI=1S/C16H18ClN3O5S/c1-24-7-8-25-13-5-4-11(17)9-14(13)26(22,23)19-16(21)12-10-18-15-3-2-6-20(12)15/h4-5,9-10H,2-3,6-8H2,1H3,(H,19,21). The average molecular weight is 400 g/mol. The van der Waals surface area contributed by atoms with E-state index < -0.39 is 15.9 Å². The molecule has 2 aromatic rings. The number of benzene rings is 1.